The normalized spacial score (nSPS) is 12.0. The minimum Gasteiger partial charge on any atom is -0.454 e. The second-order valence-corrected chi connectivity index (χ2v) is 10.9. The Morgan fingerprint density at radius 3 is 2.69 bits per heavy atom. The van der Waals surface area contributed by atoms with E-state index in [0.717, 1.165) is 38.6 Å². The van der Waals surface area contributed by atoms with Crippen LogP contribution < -0.4 is 14.8 Å². The zero-order chi connectivity index (χ0) is 26.6. The number of carbonyl (C=O) groups is 1. The number of aryl methyl sites for hydroxylation is 1. The van der Waals surface area contributed by atoms with Gasteiger partial charge in [-0.1, -0.05) is 66.4 Å². The Morgan fingerprint density at radius 1 is 1.00 bits per heavy atom. The van der Waals surface area contributed by atoms with Crippen molar-refractivity contribution in [2.45, 2.75) is 30.8 Å². The van der Waals surface area contributed by atoms with Crippen LogP contribution in [0, 0.1) is 6.92 Å². The molecule has 0 saturated carbocycles. The van der Waals surface area contributed by atoms with Crippen LogP contribution in [0.3, 0.4) is 0 Å². The highest BCUT2D eigenvalue weighted by molar-refractivity contribution is 7.98. The molecule has 0 fully saturated rings. The predicted molar refractivity (Wildman–Crippen MR) is 151 cm³/mol. The summed E-state index contributed by atoms with van der Waals surface area (Å²) in [5.41, 5.74) is 4.71. The van der Waals surface area contributed by atoms with Crippen molar-refractivity contribution in [2.75, 3.05) is 6.79 Å². The lowest BCUT2D eigenvalue weighted by Gasteiger charge is -2.12. The molecule has 39 heavy (non-hydrogen) atoms. The van der Waals surface area contributed by atoms with E-state index in [1.54, 1.807) is 17.1 Å². The summed E-state index contributed by atoms with van der Waals surface area (Å²) < 4.78 is 12.9. The molecule has 10 heteroatoms. The van der Waals surface area contributed by atoms with Crippen molar-refractivity contribution in [3.63, 3.8) is 0 Å². The number of hydrogen-bond acceptors (Lipinski definition) is 8. The molecule has 0 saturated heterocycles. The molecule has 0 unspecified atom stereocenters. The van der Waals surface area contributed by atoms with Crippen molar-refractivity contribution in [2.24, 2.45) is 0 Å². The van der Waals surface area contributed by atoms with E-state index in [4.69, 9.17) is 9.47 Å². The van der Waals surface area contributed by atoms with Gasteiger partial charge in [0, 0.05) is 18.3 Å². The van der Waals surface area contributed by atoms with Gasteiger partial charge in [-0.15, -0.1) is 21.5 Å². The molecule has 0 atom stereocenters. The molecule has 1 aliphatic heterocycles. The van der Waals surface area contributed by atoms with Crippen LogP contribution in [0.4, 0.5) is 0 Å². The highest BCUT2D eigenvalue weighted by atomic mass is 32.2. The second kappa shape index (κ2) is 11.3. The van der Waals surface area contributed by atoms with Gasteiger partial charge in [-0.3, -0.25) is 9.36 Å². The summed E-state index contributed by atoms with van der Waals surface area (Å²) in [6, 6.07) is 24.1. The summed E-state index contributed by atoms with van der Waals surface area (Å²) in [7, 11) is 0. The third kappa shape index (κ3) is 5.67. The molecule has 3 aromatic carbocycles. The van der Waals surface area contributed by atoms with Gasteiger partial charge in [0.1, 0.15) is 16.5 Å². The lowest BCUT2D eigenvalue weighted by Crippen LogP contribution is -2.23. The first-order valence-corrected chi connectivity index (χ1v) is 14.3. The summed E-state index contributed by atoms with van der Waals surface area (Å²) in [5, 5.41) is 15.4. The van der Waals surface area contributed by atoms with Crippen LogP contribution in [0.5, 0.6) is 11.5 Å². The molecule has 0 radical (unpaired) electrons. The van der Waals surface area contributed by atoms with Crippen LogP contribution in [-0.2, 0) is 18.7 Å². The third-order valence-electron chi connectivity index (χ3n) is 6.26. The van der Waals surface area contributed by atoms with Crippen molar-refractivity contribution in [1.29, 1.82) is 0 Å². The summed E-state index contributed by atoms with van der Waals surface area (Å²) >= 11 is 3.02. The molecule has 0 spiro atoms. The van der Waals surface area contributed by atoms with E-state index in [9.17, 15) is 4.79 Å². The average molecular weight is 556 g/mol. The van der Waals surface area contributed by atoms with Crippen molar-refractivity contribution in [3.05, 3.63) is 111 Å². The molecule has 6 rings (SSSR count). The smallest absolute Gasteiger partial charge is 0.271 e. The first-order chi connectivity index (χ1) is 19.1. The van der Waals surface area contributed by atoms with Crippen LogP contribution in [0.25, 0.3) is 5.69 Å². The Hall–Kier alpha value is -4.15. The van der Waals surface area contributed by atoms with Gasteiger partial charge in [0.2, 0.25) is 6.79 Å². The number of benzene rings is 3. The molecule has 3 heterocycles. The van der Waals surface area contributed by atoms with Crippen LogP contribution >= 0.6 is 23.1 Å². The molecule has 0 bridgehead atoms. The molecule has 0 aliphatic carbocycles. The molecular formula is C29H25N5O3S2. The van der Waals surface area contributed by atoms with E-state index in [0.29, 0.717) is 30.2 Å². The topological polar surface area (TPSA) is 91.2 Å². The number of para-hydroxylation sites is 1. The summed E-state index contributed by atoms with van der Waals surface area (Å²) in [6.45, 7) is 2.69. The SMILES string of the molecule is Cc1ccccc1-n1c(Cc2ccccc2)nnc1SCc1nc(C(=O)NCc2ccc3c(c2)OCO3)cs1. The Kier molecular flexibility index (Phi) is 7.29. The molecule has 196 valence electrons. The quantitative estimate of drug-likeness (QED) is 0.238. The van der Waals surface area contributed by atoms with E-state index in [-0.39, 0.29) is 12.7 Å². The molecule has 1 N–H and O–H groups in total. The van der Waals surface area contributed by atoms with Gasteiger partial charge >= 0.3 is 0 Å². The lowest BCUT2D eigenvalue weighted by atomic mass is 10.1. The fourth-order valence-electron chi connectivity index (χ4n) is 4.27. The molecule has 1 amide bonds. The average Bonchev–Trinajstić information content (AvgIpc) is 3.71. The van der Waals surface area contributed by atoms with Gasteiger partial charge in [-0.05, 0) is 41.8 Å². The predicted octanol–water partition coefficient (Wildman–Crippen LogP) is 5.57. The van der Waals surface area contributed by atoms with Gasteiger partial charge in [-0.2, -0.15) is 0 Å². The maximum absolute atomic E-state index is 12.7. The standard InChI is InChI=1S/C29H25N5O3S2/c1-19-7-5-6-10-23(19)34-26(14-20-8-3-2-4-9-20)32-33-29(34)39-17-27-31-22(16-38-27)28(35)30-15-21-11-12-24-25(13-21)37-18-36-24/h2-13,16H,14-15,17-18H2,1H3,(H,30,35). The van der Waals surface area contributed by atoms with Gasteiger partial charge in [0.25, 0.3) is 5.91 Å². The van der Waals surface area contributed by atoms with E-state index < -0.39 is 0 Å². The van der Waals surface area contributed by atoms with Crippen molar-refractivity contribution in [3.8, 4) is 17.2 Å². The van der Waals surface area contributed by atoms with Gasteiger partial charge < -0.3 is 14.8 Å². The van der Waals surface area contributed by atoms with Gasteiger partial charge in [-0.25, -0.2) is 4.98 Å². The maximum atomic E-state index is 12.7. The van der Waals surface area contributed by atoms with E-state index in [1.807, 2.05) is 48.5 Å². The fraction of sp³-hybridized carbons (Fsp3) is 0.172. The minimum atomic E-state index is -0.214. The number of hydrogen-bond donors (Lipinski definition) is 1. The Labute approximate surface area is 234 Å². The van der Waals surface area contributed by atoms with Crippen molar-refractivity contribution in [1.82, 2.24) is 25.1 Å². The van der Waals surface area contributed by atoms with Gasteiger partial charge in [0.05, 0.1) is 11.4 Å². The number of nitrogens with one attached hydrogen (secondary N) is 1. The van der Waals surface area contributed by atoms with E-state index in [1.165, 1.54) is 16.9 Å². The minimum absolute atomic E-state index is 0.214. The molecule has 2 aromatic heterocycles. The number of thiazole rings is 1. The Bertz CT molecular complexity index is 1620. The van der Waals surface area contributed by atoms with Crippen LogP contribution in [0.1, 0.15) is 38.0 Å². The molecule has 5 aromatic rings. The number of ether oxygens (including phenoxy) is 2. The highest BCUT2D eigenvalue weighted by Gasteiger charge is 2.18. The largest absolute Gasteiger partial charge is 0.454 e. The molecular weight excluding hydrogens is 530 g/mol. The monoisotopic (exact) mass is 555 g/mol. The first-order valence-electron chi connectivity index (χ1n) is 12.4. The second-order valence-electron chi connectivity index (χ2n) is 8.97. The highest BCUT2D eigenvalue weighted by Crippen LogP contribution is 2.32. The number of rotatable bonds is 9. The number of aromatic nitrogens is 4. The maximum Gasteiger partial charge on any atom is 0.271 e. The van der Waals surface area contributed by atoms with Gasteiger partial charge in [0.15, 0.2) is 16.7 Å². The molecule has 8 nitrogen and oxygen atoms in total. The number of carbonyl (C=O) groups excluding carboxylic acids is 1. The summed E-state index contributed by atoms with van der Waals surface area (Å²) in [5.74, 6) is 2.65. The Balaban J connectivity index is 1.14. The Morgan fingerprint density at radius 2 is 1.82 bits per heavy atom. The van der Waals surface area contributed by atoms with E-state index in [2.05, 4.69) is 56.3 Å². The zero-order valence-electron chi connectivity index (χ0n) is 21.2. The summed E-state index contributed by atoms with van der Waals surface area (Å²) in [4.78, 5) is 17.3. The summed E-state index contributed by atoms with van der Waals surface area (Å²) in [6.07, 6.45) is 0.674. The van der Waals surface area contributed by atoms with Crippen LogP contribution in [0.2, 0.25) is 0 Å². The number of amides is 1. The number of nitrogens with zero attached hydrogens (tertiary/aromatic N) is 4. The molecule has 1 aliphatic rings. The van der Waals surface area contributed by atoms with Crippen LogP contribution in [0.15, 0.2) is 83.3 Å². The zero-order valence-corrected chi connectivity index (χ0v) is 22.8. The lowest BCUT2D eigenvalue weighted by molar-refractivity contribution is 0.0946. The third-order valence-corrected chi connectivity index (χ3v) is 8.23. The van der Waals surface area contributed by atoms with Crippen molar-refractivity contribution >= 4 is 29.0 Å². The van der Waals surface area contributed by atoms with E-state index >= 15 is 0 Å². The number of fused-ring (bicyclic) bond motifs is 1. The first kappa shape index (κ1) is 25.1. The van der Waals surface area contributed by atoms with Crippen molar-refractivity contribution < 1.29 is 14.3 Å². The number of thioether (sulfide) groups is 1. The van der Waals surface area contributed by atoms with Crippen LogP contribution in [-0.4, -0.2) is 32.4 Å². The fourth-order valence-corrected chi connectivity index (χ4v) is 6.03.